The summed E-state index contributed by atoms with van der Waals surface area (Å²) in [5.74, 6) is -0.388. The summed E-state index contributed by atoms with van der Waals surface area (Å²) in [5, 5.41) is 14.2. The Morgan fingerprint density at radius 3 is 2.76 bits per heavy atom. The van der Waals surface area contributed by atoms with Gasteiger partial charge in [0.25, 0.3) is 11.6 Å². The second kappa shape index (κ2) is 6.96. The van der Waals surface area contributed by atoms with E-state index in [4.69, 9.17) is 0 Å². The molecule has 0 aliphatic heterocycles. The molecule has 2 aromatic carbocycles. The highest BCUT2D eigenvalue weighted by Crippen LogP contribution is 2.25. The highest BCUT2D eigenvalue weighted by atomic mass is 16.6. The van der Waals surface area contributed by atoms with Gasteiger partial charge in [-0.05, 0) is 30.2 Å². The van der Waals surface area contributed by atoms with Crippen molar-refractivity contribution in [2.75, 3.05) is 5.32 Å². The molecule has 0 aliphatic rings. The Morgan fingerprint density at radius 1 is 1.28 bits per heavy atom. The van der Waals surface area contributed by atoms with Gasteiger partial charge in [0.15, 0.2) is 0 Å². The van der Waals surface area contributed by atoms with E-state index in [9.17, 15) is 14.9 Å². The Labute approximate surface area is 144 Å². The topological polar surface area (TPSA) is 90.1 Å². The predicted molar refractivity (Wildman–Crippen MR) is 94.0 cm³/mol. The van der Waals surface area contributed by atoms with Crippen LogP contribution in [0.2, 0.25) is 0 Å². The van der Waals surface area contributed by atoms with Crippen LogP contribution in [0.15, 0.2) is 61.2 Å². The van der Waals surface area contributed by atoms with Crippen LogP contribution in [0.4, 0.5) is 11.4 Å². The fraction of sp³-hybridized carbons (Fsp3) is 0.111. The molecule has 126 valence electrons. The van der Waals surface area contributed by atoms with Crippen molar-refractivity contribution in [3.05, 3.63) is 82.4 Å². The molecule has 0 bridgehead atoms. The standard InChI is InChI=1S/C18H16N4O3/c1-2-13-5-3-4-6-15(13)20-18(23)14-7-8-16(17(11-14)22(24)25)21-10-9-19-12-21/h3-12H,2H2,1H3,(H,20,23). The van der Waals surface area contributed by atoms with Gasteiger partial charge in [0.2, 0.25) is 0 Å². The number of nitro benzene ring substituents is 1. The SMILES string of the molecule is CCc1ccccc1NC(=O)c1ccc(-n2ccnc2)c([N+](=O)[O-])c1. The number of nitro groups is 1. The first-order valence-electron chi connectivity index (χ1n) is 7.76. The minimum Gasteiger partial charge on any atom is -0.322 e. The number of carbonyl (C=O) groups is 1. The minimum absolute atomic E-state index is 0.158. The molecule has 7 heteroatoms. The quantitative estimate of drug-likeness (QED) is 0.569. The van der Waals surface area contributed by atoms with E-state index in [1.54, 1.807) is 18.3 Å². The average molecular weight is 336 g/mol. The van der Waals surface area contributed by atoms with E-state index in [0.717, 1.165) is 12.0 Å². The Hall–Kier alpha value is -3.48. The molecule has 0 aliphatic carbocycles. The molecule has 1 aromatic heterocycles. The van der Waals surface area contributed by atoms with Crippen LogP contribution >= 0.6 is 0 Å². The maximum atomic E-state index is 12.5. The monoisotopic (exact) mass is 336 g/mol. The summed E-state index contributed by atoms with van der Waals surface area (Å²) >= 11 is 0. The van der Waals surface area contributed by atoms with Crippen LogP contribution in [0, 0.1) is 10.1 Å². The highest BCUT2D eigenvalue weighted by Gasteiger charge is 2.19. The van der Waals surface area contributed by atoms with E-state index in [1.165, 1.54) is 23.2 Å². The first kappa shape index (κ1) is 16.4. The van der Waals surface area contributed by atoms with E-state index in [1.807, 2.05) is 31.2 Å². The number of hydrogen-bond donors (Lipinski definition) is 1. The molecule has 0 radical (unpaired) electrons. The van der Waals surface area contributed by atoms with Crippen LogP contribution in [0.25, 0.3) is 5.69 Å². The smallest absolute Gasteiger partial charge is 0.294 e. The van der Waals surface area contributed by atoms with Gasteiger partial charge in [-0.2, -0.15) is 0 Å². The van der Waals surface area contributed by atoms with E-state index < -0.39 is 4.92 Å². The van der Waals surface area contributed by atoms with Crippen molar-refractivity contribution in [2.45, 2.75) is 13.3 Å². The fourth-order valence-electron chi connectivity index (χ4n) is 2.58. The summed E-state index contributed by atoms with van der Waals surface area (Å²) in [5.41, 5.74) is 2.13. The van der Waals surface area contributed by atoms with Crippen molar-refractivity contribution in [1.29, 1.82) is 0 Å². The molecule has 0 unspecified atom stereocenters. The summed E-state index contributed by atoms with van der Waals surface area (Å²) in [6.07, 6.45) is 5.39. The lowest BCUT2D eigenvalue weighted by molar-refractivity contribution is -0.384. The van der Waals surface area contributed by atoms with E-state index in [2.05, 4.69) is 10.3 Å². The molecule has 0 saturated heterocycles. The normalized spacial score (nSPS) is 10.4. The molecule has 3 aromatic rings. The van der Waals surface area contributed by atoms with Crippen LogP contribution in [0.5, 0.6) is 0 Å². The molecule has 0 saturated carbocycles. The van der Waals surface area contributed by atoms with Gasteiger partial charge < -0.3 is 9.88 Å². The number of imidazole rings is 1. The Bertz CT molecular complexity index is 920. The van der Waals surface area contributed by atoms with Crippen molar-refractivity contribution < 1.29 is 9.72 Å². The van der Waals surface area contributed by atoms with Gasteiger partial charge in [-0.25, -0.2) is 4.98 Å². The summed E-state index contributed by atoms with van der Waals surface area (Å²) in [7, 11) is 0. The predicted octanol–water partition coefficient (Wildman–Crippen LogP) is 3.60. The van der Waals surface area contributed by atoms with Crippen molar-refractivity contribution in [2.24, 2.45) is 0 Å². The number of rotatable bonds is 5. The molecule has 7 nitrogen and oxygen atoms in total. The highest BCUT2D eigenvalue weighted by molar-refractivity contribution is 6.05. The molecular weight excluding hydrogens is 320 g/mol. The molecule has 0 atom stereocenters. The summed E-state index contributed by atoms with van der Waals surface area (Å²) in [4.78, 5) is 27.3. The number of anilines is 1. The van der Waals surface area contributed by atoms with Gasteiger partial charge >= 0.3 is 0 Å². The molecule has 0 spiro atoms. The van der Waals surface area contributed by atoms with Crippen LogP contribution in [-0.4, -0.2) is 20.4 Å². The molecular formula is C18H16N4O3. The van der Waals surface area contributed by atoms with Crippen molar-refractivity contribution >= 4 is 17.3 Å². The fourth-order valence-corrected chi connectivity index (χ4v) is 2.58. The third kappa shape index (κ3) is 3.40. The summed E-state index contributed by atoms with van der Waals surface area (Å²) in [6.45, 7) is 2.00. The van der Waals surface area contributed by atoms with E-state index >= 15 is 0 Å². The zero-order valence-corrected chi connectivity index (χ0v) is 13.5. The number of carbonyl (C=O) groups excluding carboxylic acids is 1. The number of nitrogens with one attached hydrogen (secondary N) is 1. The molecule has 0 fully saturated rings. The lowest BCUT2D eigenvalue weighted by Crippen LogP contribution is -2.14. The zero-order chi connectivity index (χ0) is 17.8. The number of para-hydroxylation sites is 1. The summed E-state index contributed by atoms with van der Waals surface area (Å²) in [6, 6.07) is 11.9. The number of amides is 1. The van der Waals surface area contributed by atoms with Gasteiger partial charge in [-0.3, -0.25) is 14.9 Å². The number of nitrogens with zero attached hydrogens (tertiary/aromatic N) is 3. The van der Waals surface area contributed by atoms with Crippen molar-refractivity contribution in [1.82, 2.24) is 9.55 Å². The second-order valence-corrected chi connectivity index (χ2v) is 5.40. The van der Waals surface area contributed by atoms with E-state index in [-0.39, 0.29) is 17.2 Å². The Morgan fingerprint density at radius 2 is 2.08 bits per heavy atom. The number of aryl methyl sites for hydroxylation is 1. The van der Waals surface area contributed by atoms with E-state index in [0.29, 0.717) is 11.4 Å². The second-order valence-electron chi connectivity index (χ2n) is 5.40. The Kier molecular flexibility index (Phi) is 4.56. The molecule has 1 N–H and O–H groups in total. The van der Waals surface area contributed by atoms with Gasteiger partial charge in [-0.15, -0.1) is 0 Å². The Balaban J connectivity index is 1.93. The van der Waals surface area contributed by atoms with Crippen LogP contribution < -0.4 is 5.32 Å². The van der Waals surface area contributed by atoms with Gasteiger partial charge in [-0.1, -0.05) is 25.1 Å². The number of hydrogen-bond acceptors (Lipinski definition) is 4. The zero-order valence-electron chi connectivity index (χ0n) is 13.5. The van der Waals surface area contributed by atoms with Crippen molar-refractivity contribution in [3.8, 4) is 5.69 Å². The molecule has 3 rings (SSSR count). The third-order valence-corrected chi connectivity index (χ3v) is 3.86. The van der Waals surface area contributed by atoms with Gasteiger partial charge in [0.05, 0.1) is 11.3 Å². The first-order chi connectivity index (χ1) is 12.1. The summed E-state index contributed by atoms with van der Waals surface area (Å²) < 4.78 is 1.53. The average Bonchev–Trinajstić information content (AvgIpc) is 3.16. The molecule has 1 amide bonds. The first-order valence-corrected chi connectivity index (χ1v) is 7.76. The lowest BCUT2D eigenvalue weighted by Gasteiger charge is -2.10. The lowest BCUT2D eigenvalue weighted by atomic mass is 10.1. The van der Waals surface area contributed by atoms with Crippen LogP contribution in [0.3, 0.4) is 0 Å². The minimum atomic E-state index is -0.508. The number of aromatic nitrogens is 2. The maximum absolute atomic E-state index is 12.5. The van der Waals surface area contributed by atoms with Crippen LogP contribution in [0.1, 0.15) is 22.8 Å². The largest absolute Gasteiger partial charge is 0.322 e. The van der Waals surface area contributed by atoms with Crippen LogP contribution in [-0.2, 0) is 6.42 Å². The molecule has 25 heavy (non-hydrogen) atoms. The molecule has 1 heterocycles. The van der Waals surface area contributed by atoms with Crippen molar-refractivity contribution in [3.63, 3.8) is 0 Å². The maximum Gasteiger partial charge on any atom is 0.294 e. The van der Waals surface area contributed by atoms with Gasteiger partial charge in [0, 0.05) is 29.7 Å². The third-order valence-electron chi connectivity index (χ3n) is 3.86. The number of benzene rings is 2. The van der Waals surface area contributed by atoms with Gasteiger partial charge in [0.1, 0.15) is 5.69 Å².